The molecule has 0 saturated heterocycles. The minimum atomic E-state index is -0.475. The summed E-state index contributed by atoms with van der Waals surface area (Å²) in [6, 6.07) is 0. The Morgan fingerprint density at radius 3 is 2.90 bits per heavy atom. The van der Waals surface area contributed by atoms with Crippen LogP contribution in [0.5, 0.6) is 0 Å². The Balaban J connectivity index is 2.88. The smallest absolute Gasteiger partial charge is 0.148 e. The minimum Gasteiger partial charge on any atom is -0.505 e. The van der Waals surface area contributed by atoms with Crippen molar-refractivity contribution in [2.75, 3.05) is 0 Å². The van der Waals surface area contributed by atoms with E-state index >= 15 is 0 Å². The second kappa shape index (κ2) is 2.62. The van der Waals surface area contributed by atoms with Gasteiger partial charge >= 0.3 is 0 Å². The second-order valence-corrected chi connectivity index (χ2v) is 2.86. The lowest BCUT2D eigenvalue weighted by molar-refractivity contribution is 0.375. The molecule has 1 nitrogen and oxygen atoms in total. The lowest BCUT2D eigenvalue weighted by atomic mass is 10.0. The fourth-order valence-corrected chi connectivity index (χ4v) is 1.00. The lowest BCUT2D eigenvalue weighted by Gasteiger charge is -2.13. The van der Waals surface area contributed by atoms with Crippen LogP contribution in [0.1, 0.15) is 13.3 Å². The van der Waals surface area contributed by atoms with Gasteiger partial charge in [0.15, 0.2) is 0 Å². The first kappa shape index (κ1) is 7.61. The van der Waals surface area contributed by atoms with Gasteiger partial charge in [-0.1, -0.05) is 18.5 Å². The maximum Gasteiger partial charge on any atom is 0.148 e. The molecule has 0 heterocycles. The van der Waals surface area contributed by atoms with Crippen LogP contribution in [0.4, 0.5) is 4.39 Å². The molecule has 0 saturated carbocycles. The van der Waals surface area contributed by atoms with Gasteiger partial charge in [0.2, 0.25) is 0 Å². The quantitative estimate of drug-likeness (QED) is 0.581. The van der Waals surface area contributed by atoms with Gasteiger partial charge in [-0.15, -0.1) is 0 Å². The Hall–Kier alpha value is -0.500. The molecule has 3 heteroatoms. The summed E-state index contributed by atoms with van der Waals surface area (Å²) < 4.78 is 12.5. The molecule has 0 aromatic carbocycles. The van der Waals surface area contributed by atoms with Crippen LogP contribution >= 0.6 is 11.6 Å². The van der Waals surface area contributed by atoms with E-state index in [9.17, 15) is 4.39 Å². The van der Waals surface area contributed by atoms with Gasteiger partial charge in [0.25, 0.3) is 0 Å². The fourth-order valence-electron chi connectivity index (χ4n) is 0.822. The molecule has 10 heavy (non-hydrogen) atoms. The van der Waals surface area contributed by atoms with Crippen LogP contribution in [0.3, 0.4) is 0 Å². The first-order valence-electron chi connectivity index (χ1n) is 3.06. The van der Waals surface area contributed by atoms with E-state index in [0.717, 1.165) is 0 Å². The van der Waals surface area contributed by atoms with Crippen molar-refractivity contribution in [3.63, 3.8) is 0 Å². The number of allylic oxidation sites excluding steroid dienone is 3. The molecule has 0 aromatic heterocycles. The average Bonchev–Trinajstić information content (AvgIpc) is 1.84. The molecule has 0 spiro atoms. The summed E-state index contributed by atoms with van der Waals surface area (Å²) in [5.41, 5.74) is 0. The number of aliphatic hydroxyl groups is 1. The lowest BCUT2D eigenvalue weighted by Crippen LogP contribution is -2.02. The number of rotatable bonds is 0. The summed E-state index contributed by atoms with van der Waals surface area (Å²) in [6.07, 6.45) is 1.46. The van der Waals surface area contributed by atoms with E-state index in [-0.39, 0.29) is 18.1 Å². The number of hydrogen-bond donors (Lipinski definition) is 1. The molecule has 0 amide bonds. The van der Waals surface area contributed by atoms with E-state index in [1.807, 2.05) is 6.92 Å². The summed E-state index contributed by atoms with van der Waals surface area (Å²) in [5, 5.41) is 9.32. The van der Waals surface area contributed by atoms with E-state index in [4.69, 9.17) is 16.7 Å². The van der Waals surface area contributed by atoms with Gasteiger partial charge in [-0.3, -0.25) is 0 Å². The molecule has 0 radical (unpaired) electrons. The van der Waals surface area contributed by atoms with Crippen molar-refractivity contribution in [2.45, 2.75) is 13.3 Å². The standard InChI is InChI=1S/C7H8ClFO/c1-4-2-6(9)7(10)3-5(4)8/h3-4,10H,2H2,1H3. The highest BCUT2D eigenvalue weighted by Gasteiger charge is 2.17. The molecule has 0 aliphatic heterocycles. The van der Waals surface area contributed by atoms with Crippen molar-refractivity contribution < 1.29 is 9.50 Å². The molecule has 1 atom stereocenters. The van der Waals surface area contributed by atoms with Gasteiger partial charge in [0.05, 0.1) is 0 Å². The highest BCUT2D eigenvalue weighted by molar-refractivity contribution is 6.30. The van der Waals surface area contributed by atoms with E-state index in [1.54, 1.807) is 0 Å². The number of halogens is 2. The third kappa shape index (κ3) is 1.32. The van der Waals surface area contributed by atoms with Crippen LogP contribution in [-0.2, 0) is 0 Å². The van der Waals surface area contributed by atoms with Crippen molar-refractivity contribution in [1.29, 1.82) is 0 Å². The minimum absolute atomic E-state index is 0.00225. The third-order valence-electron chi connectivity index (χ3n) is 1.51. The molecule has 0 bridgehead atoms. The Morgan fingerprint density at radius 2 is 2.40 bits per heavy atom. The molecule has 1 aliphatic rings. The predicted molar refractivity (Wildman–Crippen MR) is 38.5 cm³/mol. The topological polar surface area (TPSA) is 20.2 Å². The first-order valence-corrected chi connectivity index (χ1v) is 3.43. The van der Waals surface area contributed by atoms with Gasteiger partial charge in [0, 0.05) is 11.5 Å². The number of aliphatic hydroxyl groups excluding tert-OH is 1. The Bertz CT molecular complexity index is 208. The molecule has 1 N–H and O–H groups in total. The van der Waals surface area contributed by atoms with Gasteiger partial charge < -0.3 is 5.11 Å². The summed E-state index contributed by atoms with van der Waals surface area (Å²) in [4.78, 5) is 0. The largest absolute Gasteiger partial charge is 0.505 e. The summed E-state index contributed by atoms with van der Waals surface area (Å²) in [5.74, 6) is -0.808. The van der Waals surface area contributed by atoms with Crippen LogP contribution in [-0.4, -0.2) is 5.11 Å². The van der Waals surface area contributed by atoms with Crippen molar-refractivity contribution in [3.05, 3.63) is 22.7 Å². The van der Waals surface area contributed by atoms with Crippen molar-refractivity contribution in [1.82, 2.24) is 0 Å². The molecular weight excluding hydrogens is 155 g/mol. The SMILES string of the molecule is CC1CC(F)=C(O)C=C1Cl. The van der Waals surface area contributed by atoms with Crippen molar-refractivity contribution in [3.8, 4) is 0 Å². The van der Waals surface area contributed by atoms with E-state index in [0.29, 0.717) is 5.03 Å². The molecule has 1 unspecified atom stereocenters. The van der Waals surface area contributed by atoms with Crippen LogP contribution in [0, 0.1) is 5.92 Å². The maximum atomic E-state index is 12.5. The summed E-state index contributed by atoms with van der Waals surface area (Å²) >= 11 is 5.63. The van der Waals surface area contributed by atoms with Crippen LogP contribution in [0.25, 0.3) is 0 Å². The second-order valence-electron chi connectivity index (χ2n) is 2.42. The van der Waals surface area contributed by atoms with E-state index < -0.39 is 5.83 Å². The zero-order valence-electron chi connectivity index (χ0n) is 5.56. The molecule has 0 aromatic rings. The third-order valence-corrected chi connectivity index (χ3v) is 1.99. The highest BCUT2D eigenvalue weighted by atomic mass is 35.5. The predicted octanol–water partition coefficient (Wildman–Crippen LogP) is 2.89. The van der Waals surface area contributed by atoms with Gasteiger partial charge in [-0.2, -0.15) is 0 Å². The van der Waals surface area contributed by atoms with Gasteiger partial charge in [-0.25, -0.2) is 4.39 Å². The molecule has 1 rings (SSSR count). The Morgan fingerprint density at radius 1 is 1.80 bits per heavy atom. The van der Waals surface area contributed by atoms with Crippen LogP contribution < -0.4 is 0 Å². The monoisotopic (exact) mass is 162 g/mol. The van der Waals surface area contributed by atoms with E-state index in [1.165, 1.54) is 6.08 Å². The Kier molecular flexibility index (Phi) is 2.00. The van der Waals surface area contributed by atoms with E-state index in [2.05, 4.69) is 0 Å². The molecular formula is C7H8ClFO. The van der Waals surface area contributed by atoms with Crippen LogP contribution in [0.15, 0.2) is 22.7 Å². The summed E-state index contributed by atoms with van der Waals surface area (Å²) in [7, 11) is 0. The summed E-state index contributed by atoms with van der Waals surface area (Å²) in [6.45, 7) is 1.81. The zero-order chi connectivity index (χ0) is 7.72. The molecule has 1 aliphatic carbocycles. The number of hydrogen-bond acceptors (Lipinski definition) is 1. The molecule has 0 fully saturated rings. The fraction of sp³-hybridized carbons (Fsp3) is 0.429. The van der Waals surface area contributed by atoms with Gasteiger partial charge in [0.1, 0.15) is 11.6 Å². The average molecular weight is 163 g/mol. The Labute approximate surface area is 63.8 Å². The highest BCUT2D eigenvalue weighted by Crippen LogP contribution is 2.30. The molecule has 56 valence electrons. The normalized spacial score (nSPS) is 26.7. The zero-order valence-corrected chi connectivity index (χ0v) is 6.32. The maximum absolute atomic E-state index is 12.5. The van der Waals surface area contributed by atoms with Crippen LogP contribution in [0.2, 0.25) is 0 Å². The first-order chi connectivity index (χ1) is 4.61. The van der Waals surface area contributed by atoms with Crippen molar-refractivity contribution in [2.24, 2.45) is 5.92 Å². The van der Waals surface area contributed by atoms with Crippen molar-refractivity contribution >= 4 is 11.6 Å². The van der Waals surface area contributed by atoms with Gasteiger partial charge in [-0.05, 0) is 12.0 Å².